The Labute approximate surface area is 149 Å². The second-order valence-electron chi connectivity index (χ2n) is 6.08. The average molecular weight is 372 g/mol. The smallest absolute Gasteiger partial charge is 0.322 e. The molecule has 0 aliphatic carbocycles. The molecule has 0 aromatic carbocycles. The summed E-state index contributed by atoms with van der Waals surface area (Å²) in [6.07, 6.45) is 0.389. The highest BCUT2D eigenvalue weighted by Crippen LogP contribution is 2.19. The van der Waals surface area contributed by atoms with Gasteiger partial charge >= 0.3 is 11.9 Å². The van der Waals surface area contributed by atoms with Gasteiger partial charge in [-0.2, -0.15) is 0 Å². The van der Waals surface area contributed by atoms with Crippen molar-refractivity contribution in [2.45, 2.75) is 50.7 Å². The van der Waals surface area contributed by atoms with Gasteiger partial charge < -0.3 is 31.5 Å². The number of carboxylic acid groups (broad SMARTS) is 2. The van der Waals surface area contributed by atoms with E-state index in [1.54, 1.807) is 0 Å². The van der Waals surface area contributed by atoms with E-state index in [9.17, 15) is 24.0 Å². The molecule has 3 atom stereocenters. The number of aliphatic carboxylic acids is 2. The van der Waals surface area contributed by atoms with E-state index in [4.69, 9.17) is 15.9 Å². The Morgan fingerprint density at radius 1 is 1.19 bits per heavy atom. The minimum Gasteiger partial charge on any atom is -0.481 e. The standard InChI is InChI=1S/C15H24N4O7/c1-8(16)13(24)18-9(4-5-11(20)21)15(26)19-6-2-3-10(19)14(25)17-7-12(22)23/h8-10H,2-7,16H2,1H3,(H,17,25)(H,18,24)(H,20,21)(H,22,23)/t8-,9-,10-/m0/s1. The lowest BCUT2D eigenvalue weighted by Crippen LogP contribution is -2.55. The van der Waals surface area contributed by atoms with Crippen LogP contribution in [0.25, 0.3) is 0 Å². The molecule has 0 radical (unpaired) electrons. The SMILES string of the molecule is C[C@H](N)C(=O)N[C@@H](CCC(=O)O)C(=O)N1CCC[C@H]1C(=O)NCC(=O)O. The number of hydrogen-bond donors (Lipinski definition) is 5. The Hall–Kier alpha value is -2.69. The summed E-state index contributed by atoms with van der Waals surface area (Å²) in [7, 11) is 0. The molecule has 1 heterocycles. The van der Waals surface area contributed by atoms with E-state index < -0.39 is 54.3 Å². The Kier molecular flexibility index (Phi) is 7.97. The molecule has 0 aromatic heterocycles. The minimum absolute atomic E-state index is 0.146. The zero-order chi connectivity index (χ0) is 19.9. The lowest BCUT2D eigenvalue weighted by Gasteiger charge is -2.28. The van der Waals surface area contributed by atoms with E-state index in [1.807, 2.05) is 0 Å². The summed E-state index contributed by atoms with van der Waals surface area (Å²) in [6, 6.07) is -2.87. The topological polar surface area (TPSA) is 179 Å². The maximum absolute atomic E-state index is 12.8. The second kappa shape index (κ2) is 9.70. The lowest BCUT2D eigenvalue weighted by atomic mass is 10.1. The zero-order valence-corrected chi connectivity index (χ0v) is 14.4. The number of nitrogens with one attached hydrogen (secondary N) is 2. The molecule has 146 valence electrons. The Morgan fingerprint density at radius 2 is 1.85 bits per heavy atom. The number of nitrogens with two attached hydrogens (primary N) is 1. The summed E-state index contributed by atoms with van der Waals surface area (Å²) < 4.78 is 0. The van der Waals surface area contributed by atoms with E-state index in [2.05, 4.69) is 10.6 Å². The summed E-state index contributed by atoms with van der Waals surface area (Å²) >= 11 is 0. The van der Waals surface area contributed by atoms with Gasteiger partial charge in [-0.3, -0.25) is 24.0 Å². The van der Waals surface area contributed by atoms with Crippen LogP contribution in [0.4, 0.5) is 0 Å². The first-order valence-electron chi connectivity index (χ1n) is 8.21. The highest BCUT2D eigenvalue weighted by molar-refractivity contribution is 5.94. The fourth-order valence-corrected chi connectivity index (χ4v) is 2.61. The first-order chi connectivity index (χ1) is 12.1. The van der Waals surface area contributed by atoms with Gasteiger partial charge in [-0.25, -0.2) is 0 Å². The normalized spacial score (nSPS) is 18.7. The van der Waals surface area contributed by atoms with Crippen molar-refractivity contribution in [3.63, 3.8) is 0 Å². The van der Waals surface area contributed by atoms with E-state index in [-0.39, 0.29) is 19.4 Å². The summed E-state index contributed by atoms with van der Waals surface area (Å²) in [5.74, 6) is -4.14. The highest BCUT2D eigenvalue weighted by Gasteiger charge is 2.37. The van der Waals surface area contributed by atoms with Crippen LogP contribution < -0.4 is 16.4 Å². The van der Waals surface area contributed by atoms with Crippen molar-refractivity contribution in [3.05, 3.63) is 0 Å². The van der Waals surface area contributed by atoms with Crippen LogP contribution in [0.2, 0.25) is 0 Å². The zero-order valence-electron chi connectivity index (χ0n) is 14.4. The molecule has 3 amide bonds. The van der Waals surface area contributed by atoms with Gasteiger partial charge in [0.25, 0.3) is 0 Å². The third-order valence-electron chi connectivity index (χ3n) is 3.93. The van der Waals surface area contributed by atoms with Crippen LogP contribution in [0.3, 0.4) is 0 Å². The molecule has 1 rings (SSSR count). The molecular weight excluding hydrogens is 348 g/mol. The number of carbonyl (C=O) groups is 5. The number of carbonyl (C=O) groups excluding carboxylic acids is 3. The third-order valence-corrected chi connectivity index (χ3v) is 3.93. The molecule has 0 saturated carbocycles. The number of rotatable bonds is 9. The summed E-state index contributed by atoms with van der Waals surface area (Å²) in [5, 5.41) is 22.1. The molecular formula is C15H24N4O7. The summed E-state index contributed by atoms with van der Waals surface area (Å²) in [4.78, 5) is 59.3. The van der Waals surface area contributed by atoms with Gasteiger partial charge in [-0.15, -0.1) is 0 Å². The number of nitrogens with zero attached hydrogens (tertiary/aromatic N) is 1. The Balaban J connectivity index is 2.85. The summed E-state index contributed by atoms with van der Waals surface area (Å²) in [6.45, 7) is 1.11. The fourth-order valence-electron chi connectivity index (χ4n) is 2.61. The van der Waals surface area contributed by atoms with Gasteiger partial charge in [-0.1, -0.05) is 0 Å². The quantitative estimate of drug-likeness (QED) is 0.304. The Bertz CT molecular complexity index is 578. The van der Waals surface area contributed by atoms with Crippen molar-refractivity contribution in [2.24, 2.45) is 5.73 Å². The van der Waals surface area contributed by atoms with Crippen molar-refractivity contribution in [1.82, 2.24) is 15.5 Å². The molecule has 0 aromatic rings. The minimum atomic E-state index is -1.21. The predicted octanol–water partition coefficient (Wildman–Crippen LogP) is -2.12. The van der Waals surface area contributed by atoms with E-state index >= 15 is 0 Å². The van der Waals surface area contributed by atoms with E-state index in [0.717, 1.165) is 0 Å². The van der Waals surface area contributed by atoms with Gasteiger partial charge in [-0.05, 0) is 26.2 Å². The molecule has 0 spiro atoms. The van der Waals surface area contributed by atoms with Crippen LogP contribution in [0, 0.1) is 0 Å². The maximum atomic E-state index is 12.8. The van der Waals surface area contributed by atoms with Crippen molar-refractivity contribution in [2.75, 3.05) is 13.1 Å². The number of amides is 3. The molecule has 11 nitrogen and oxygen atoms in total. The van der Waals surface area contributed by atoms with Gasteiger partial charge in [0.1, 0.15) is 18.6 Å². The van der Waals surface area contributed by atoms with Gasteiger partial charge in [0.05, 0.1) is 6.04 Å². The van der Waals surface area contributed by atoms with Crippen LogP contribution >= 0.6 is 0 Å². The van der Waals surface area contributed by atoms with Crippen LogP contribution in [-0.4, -0.2) is 76.0 Å². The van der Waals surface area contributed by atoms with Crippen LogP contribution in [-0.2, 0) is 24.0 Å². The van der Waals surface area contributed by atoms with Crippen molar-refractivity contribution < 1.29 is 34.2 Å². The highest BCUT2D eigenvalue weighted by atomic mass is 16.4. The van der Waals surface area contributed by atoms with Crippen LogP contribution in [0.1, 0.15) is 32.6 Å². The van der Waals surface area contributed by atoms with Crippen LogP contribution in [0.15, 0.2) is 0 Å². The third kappa shape index (κ3) is 6.31. The van der Waals surface area contributed by atoms with Gasteiger partial charge in [0.15, 0.2) is 0 Å². The molecule has 0 bridgehead atoms. The van der Waals surface area contributed by atoms with E-state index in [1.165, 1.54) is 11.8 Å². The number of carboxylic acids is 2. The first kappa shape index (κ1) is 21.4. The Morgan fingerprint density at radius 3 is 2.38 bits per heavy atom. The molecule has 1 aliphatic heterocycles. The largest absolute Gasteiger partial charge is 0.481 e. The van der Waals surface area contributed by atoms with Crippen molar-refractivity contribution in [1.29, 1.82) is 0 Å². The fraction of sp³-hybridized carbons (Fsp3) is 0.667. The predicted molar refractivity (Wildman–Crippen MR) is 87.8 cm³/mol. The second-order valence-corrected chi connectivity index (χ2v) is 6.08. The number of likely N-dealkylation sites (tertiary alicyclic amines) is 1. The molecule has 1 aliphatic rings. The van der Waals surface area contributed by atoms with Crippen molar-refractivity contribution in [3.8, 4) is 0 Å². The van der Waals surface area contributed by atoms with Crippen LogP contribution in [0.5, 0.6) is 0 Å². The average Bonchev–Trinajstić information content (AvgIpc) is 3.04. The molecule has 0 unspecified atom stereocenters. The van der Waals surface area contributed by atoms with E-state index in [0.29, 0.717) is 12.8 Å². The molecule has 1 saturated heterocycles. The number of hydrogen-bond acceptors (Lipinski definition) is 6. The molecule has 6 N–H and O–H groups in total. The summed E-state index contributed by atoms with van der Waals surface area (Å²) in [5.41, 5.74) is 5.46. The van der Waals surface area contributed by atoms with Gasteiger partial charge in [0, 0.05) is 13.0 Å². The monoisotopic (exact) mass is 372 g/mol. The molecule has 11 heteroatoms. The molecule has 26 heavy (non-hydrogen) atoms. The first-order valence-corrected chi connectivity index (χ1v) is 8.21. The van der Waals surface area contributed by atoms with Gasteiger partial charge in [0.2, 0.25) is 17.7 Å². The van der Waals surface area contributed by atoms with Crippen molar-refractivity contribution >= 4 is 29.7 Å². The lowest BCUT2D eigenvalue weighted by molar-refractivity contribution is -0.143. The maximum Gasteiger partial charge on any atom is 0.322 e. The molecule has 1 fully saturated rings.